The molecule has 0 bridgehead atoms. The molecule has 0 saturated heterocycles. The molecule has 1 aromatic heterocycles. The largest absolute Gasteiger partial charge is 0.484 e. The summed E-state index contributed by atoms with van der Waals surface area (Å²) in [5.74, 6) is 0.958. The van der Waals surface area contributed by atoms with Gasteiger partial charge in [0.05, 0.1) is 22.9 Å². The zero-order chi connectivity index (χ0) is 21.4. The first-order valence-electron chi connectivity index (χ1n) is 9.70. The van der Waals surface area contributed by atoms with Crippen LogP contribution < -0.4 is 10.1 Å². The molecule has 0 radical (unpaired) electrons. The van der Waals surface area contributed by atoms with Crippen molar-refractivity contribution in [1.29, 1.82) is 0 Å². The zero-order valence-electron chi connectivity index (χ0n) is 16.4. The quantitative estimate of drug-likeness (QED) is 0.515. The Morgan fingerprint density at radius 2 is 1.84 bits per heavy atom. The van der Waals surface area contributed by atoms with Crippen LogP contribution in [0.5, 0.6) is 5.75 Å². The van der Waals surface area contributed by atoms with Crippen LogP contribution in [0, 0.1) is 5.82 Å². The average molecular weight is 435 g/mol. The van der Waals surface area contributed by atoms with Gasteiger partial charge < -0.3 is 10.1 Å². The van der Waals surface area contributed by atoms with Crippen molar-refractivity contribution >= 4 is 33.3 Å². The van der Waals surface area contributed by atoms with Gasteiger partial charge in [-0.1, -0.05) is 30.3 Å². The van der Waals surface area contributed by atoms with Crippen LogP contribution in [0.4, 0.5) is 10.2 Å². The molecular formula is C23H18FN3O3S. The number of rotatable bonds is 5. The van der Waals surface area contributed by atoms with E-state index in [2.05, 4.69) is 10.4 Å². The number of carbonyl (C=O) groups is 1. The Kier molecular flexibility index (Phi) is 4.99. The van der Waals surface area contributed by atoms with E-state index in [1.807, 2.05) is 42.5 Å². The Morgan fingerprint density at radius 1 is 1.06 bits per heavy atom. The third-order valence-corrected chi connectivity index (χ3v) is 6.30. The van der Waals surface area contributed by atoms with Crippen LogP contribution in [0.3, 0.4) is 0 Å². The Balaban J connectivity index is 1.36. The van der Waals surface area contributed by atoms with Gasteiger partial charge in [-0.2, -0.15) is 5.10 Å². The predicted molar refractivity (Wildman–Crippen MR) is 117 cm³/mol. The molecule has 1 amide bonds. The van der Waals surface area contributed by atoms with E-state index >= 15 is 0 Å². The van der Waals surface area contributed by atoms with Crippen LogP contribution in [0.15, 0.2) is 66.7 Å². The number of fused-ring (bicyclic) bond motifs is 2. The van der Waals surface area contributed by atoms with Gasteiger partial charge in [0.1, 0.15) is 17.4 Å². The van der Waals surface area contributed by atoms with E-state index < -0.39 is 10.8 Å². The van der Waals surface area contributed by atoms with Crippen LogP contribution in [-0.4, -0.2) is 26.5 Å². The Hall–Kier alpha value is -3.52. The Labute approximate surface area is 180 Å². The number of benzene rings is 3. The smallest absolute Gasteiger partial charge is 0.263 e. The summed E-state index contributed by atoms with van der Waals surface area (Å²) in [5.41, 5.74) is 2.02. The number of amides is 1. The highest BCUT2D eigenvalue weighted by atomic mass is 32.2. The lowest BCUT2D eigenvalue weighted by atomic mass is 10.1. The monoisotopic (exact) mass is 435 g/mol. The maximum atomic E-state index is 13.3. The molecule has 1 aliphatic heterocycles. The fraction of sp³-hybridized carbons (Fsp3) is 0.130. The molecule has 1 atom stereocenters. The van der Waals surface area contributed by atoms with Crippen molar-refractivity contribution in [2.24, 2.45) is 0 Å². The number of hydrogen-bond donors (Lipinski definition) is 1. The number of hydrogen-bond acceptors (Lipinski definition) is 4. The fourth-order valence-corrected chi connectivity index (χ4v) is 4.86. The van der Waals surface area contributed by atoms with Gasteiger partial charge in [-0.25, -0.2) is 9.07 Å². The summed E-state index contributed by atoms with van der Waals surface area (Å²) < 4.78 is 32.5. The van der Waals surface area contributed by atoms with Crippen molar-refractivity contribution in [2.75, 3.05) is 11.9 Å². The molecule has 1 unspecified atom stereocenters. The van der Waals surface area contributed by atoms with Crippen molar-refractivity contribution in [2.45, 2.75) is 11.5 Å². The van der Waals surface area contributed by atoms with Gasteiger partial charge in [0.15, 0.2) is 6.61 Å². The maximum Gasteiger partial charge on any atom is 0.263 e. The van der Waals surface area contributed by atoms with Crippen LogP contribution in [0.25, 0.3) is 16.5 Å². The average Bonchev–Trinajstić information content (AvgIpc) is 3.29. The van der Waals surface area contributed by atoms with Gasteiger partial charge in [0, 0.05) is 16.4 Å². The molecule has 3 aromatic carbocycles. The van der Waals surface area contributed by atoms with E-state index in [4.69, 9.17) is 4.74 Å². The highest BCUT2D eigenvalue weighted by Gasteiger charge is 2.28. The molecule has 0 fully saturated rings. The summed E-state index contributed by atoms with van der Waals surface area (Å²) in [6.45, 7) is -0.190. The second kappa shape index (κ2) is 7.96. The molecule has 31 heavy (non-hydrogen) atoms. The molecule has 1 aliphatic rings. The van der Waals surface area contributed by atoms with Crippen molar-refractivity contribution in [3.8, 4) is 11.4 Å². The van der Waals surface area contributed by atoms with Crippen molar-refractivity contribution < 1.29 is 18.1 Å². The lowest BCUT2D eigenvalue weighted by Gasteiger charge is -2.12. The van der Waals surface area contributed by atoms with Gasteiger partial charge in [0.2, 0.25) is 0 Å². The summed E-state index contributed by atoms with van der Waals surface area (Å²) in [7, 11) is -1.05. The molecule has 0 aliphatic carbocycles. The van der Waals surface area contributed by atoms with Crippen LogP contribution in [0.1, 0.15) is 11.3 Å². The first-order chi connectivity index (χ1) is 15.1. The molecular weight excluding hydrogens is 417 g/mol. The lowest BCUT2D eigenvalue weighted by molar-refractivity contribution is -0.118. The van der Waals surface area contributed by atoms with Gasteiger partial charge in [-0.3, -0.25) is 9.00 Å². The van der Waals surface area contributed by atoms with Crippen LogP contribution in [0.2, 0.25) is 0 Å². The number of nitrogens with one attached hydrogen (secondary N) is 1. The summed E-state index contributed by atoms with van der Waals surface area (Å²) in [4.78, 5) is 12.7. The lowest BCUT2D eigenvalue weighted by Crippen LogP contribution is -2.22. The number of ether oxygens (including phenoxy) is 1. The van der Waals surface area contributed by atoms with E-state index in [-0.39, 0.29) is 18.3 Å². The van der Waals surface area contributed by atoms with E-state index in [1.54, 1.807) is 16.8 Å². The summed E-state index contributed by atoms with van der Waals surface area (Å²) in [6, 6.07) is 19.3. The van der Waals surface area contributed by atoms with Gasteiger partial charge in [0.25, 0.3) is 5.91 Å². The highest BCUT2D eigenvalue weighted by molar-refractivity contribution is 7.83. The third kappa shape index (κ3) is 3.94. The van der Waals surface area contributed by atoms with Crippen LogP contribution >= 0.6 is 0 Å². The van der Waals surface area contributed by atoms with Gasteiger partial charge >= 0.3 is 0 Å². The number of halogens is 1. The van der Waals surface area contributed by atoms with E-state index in [1.165, 1.54) is 12.1 Å². The predicted octanol–water partition coefficient (Wildman–Crippen LogP) is 3.94. The van der Waals surface area contributed by atoms with E-state index in [0.717, 1.165) is 16.3 Å². The topological polar surface area (TPSA) is 73.2 Å². The number of aromatic nitrogens is 2. The number of anilines is 1. The molecule has 2 heterocycles. The van der Waals surface area contributed by atoms with E-state index in [0.29, 0.717) is 34.5 Å². The first-order valence-corrected chi connectivity index (χ1v) is 11.2. The van der Waals surface area contributed by atoms with Crippen molar-refractivity contribution in [3.05, 3.63) is 83.8 Å². The second-order valence-electron chi connectivity index (χ2n) is 7.24. The molecule has 156 valence electrons. The van der Waals surface area contributed by atoms with E-state index in [9.17, 15) is 13.4 Å². The number of carbonyl (C=O) groups excluding carboxylic acids is 1. The Morgan fingerprint density at radius 3 is 2.65 bits per heavy atom. The molecule has 0 saturated carbocycles. The molecule has 6 nitrogen and oxygen atoms in total. The normalized spacial score (nSPS) is 15.1. The molecule has 5 rings (SSSR count). The minimum absolute atomic E-state index is 0.190. The zero-order valence-corrected chi connectivity index (χ0v) is 17.2. The molecule has 1 N–H and O–H groups in total. The third-order valence-electron chi connectivity index (χ3n) is 5.09. The second-order valence-corrected chi connectivity index (χ2v) is 8.69. The van der Waals surface area contributed by atoms with Gasteiger partial charge in [-0.15, -0.1) is 0 Å². The maximum absolute atomic E-state index is 13.3. The van der Waals surface area contributed by atoms with Crippen LogP contribution in [-0.2, 0) is 27.1 Å². The minimum atomic E-state index is -1.05. The van der Waals surface area contributed by atoms with Gasteiger partial charge in [-0.05, 0) is 47.2 Å². The first kappa shape index (κ1) is 19.4. The minimum Gasteiger partial charge on any atom is -0.484 e. The fourth-order valence-electron chi connectivity index (χ4n) is 3.60. The summed E-state index contributed by atoms with van der Waals surface area (Å²) in [6.07, 6.45) is 0. The highest BCUT2D eigenvalue weighted by Crippen LogP contribution is 2.31. The van der Waals surface area contributed by atoms with Crippen molar-refractivity contribution in [1.82, 2.24) is 9.78 Å². The van der Waals surface area contributed by atoms with Crippen molar-refractivity contribution in [3.63, 3.8) is 0 Å². The summed E-state index contributed by atoms with van der Waals surface area (Å²) >= 11 is 0. The Bertz CT molecular complexity index is 1320. The summed E-state index contributed by atoms with van der Waals surface area (Å²) in [5, 5.41) is 9.44. The molecule has 0 spiro atoms. The molecule has 8 heteroatoms. The number of nitrogens with zero attached hydrogens (tertiary/aromatic N) is 2. The SMILES string of the molecule is O=C(COc1ccc2ccccc2c1)Nc1c2c(nn1-c1ccc(F)cc1)CS(=O)C2. The molecule has 4 aromatic rings. The standard InChI is InChI=1S/C23H18FN3O3S/c24-17-6-8-18(9-7-17)27-23(20-13-31(29)14-21(20)26-27)25-22(28)12-30-19-10-5-15-3-1-2-4-16(15)11-19/h1-11H,12-14H2,(H,25,28).